The van der Waals surface area contributed by atoms with Crippen molar-refractivity contribution in [2.24, 2.45) is 10.9 Å². The third kappa shape index (κ3) is 4.29. The van der Waals surface area contributed by atoms with E-state index in [1.807, 2.05) is 6.92 Å². The lowest BCUT2D eigenvalue weighted by atomic mass is 9.79. The van der Waals surface area contributed by atoms with Crippen molar-refractivity contribution in [3.05, 3.63) is 34.1 Å². The van der Waals surface area contributed by atoms with Crippen LogP contribution in [0.25, 0.3) is 0 Å². The molecule has 0 radical (unpaired) electrons. The van der Waals surface area contributed by atoms with E-state index < -0.39 is 29.1 Å². The van der Waals surface area contributed by atoms with Crippen LogP contribution in [0.1, 0.15) is 33.3 Å². The molecule has 3 atom stereocenters. The van der Waals surface area contributed by atoms with Crippen LogP contribution in [-0.4, -0.2) is 46.3 Å². The Labute approximate surface area is 180 Å². The summed E-state index contributed by atoms with van der Waals surface area (Å²) in [5.41, 5.74) is -1.79. The van der Waals surface area contributed by atoms with Gasteiger partial charge in [-0.25, -0.2) is 19.1 Å². The Morgan fingerprint density at radius 3 is 2.76 bits per heavy atom. The summed E-state index contributed by atoms with van der Waals surface area (Å²) >= 11 is 4.42. The number of carboxylic acid groups (broad SMARTS) is 1. The molecular formula is C19H21BrFN2O5S-. The molecule has 7 nitrogen and oxygen atoms in total. The van der Waals surface area contributed by atoms with E-state index in [1.54, 1.807) is 32.9 Å². The van der Waals surface area contributed by atoms with Crippen molar-refractivity contribution < 1.29 is 28.6 Å². The molecule has 0 aliphatic carbocycles. The van der Waals surface area contributed by atoms with Gasteiger partial charge >= 0.3 is 6.09 Å². The molecule has 158 valence electrons. The number of halogens is 2. The molecule has 0 unspecified atom stereocenters. The number of imide groups is 1. The van der Waals surface area contributed by atoms with Crippen molar-refractivity contribution in [3.63, 3.8) is 0 Å². The van der Waals surface area contributed by atoms with Crippen LogP contribution < -0.4 is 5.11 Å². The van der Waals surface area contributed by atoms with Crippen LogP contribution in [0.4, 0.5) is 14.0 Å². The lowest BCUT2D eigenvalue weighted by Crippen LogP contribution is -2.52. The number of fused-ring (bicyclic) bond motifs is 1. The number of carbonyl (C=O) groups is 2. The molecule has 0 spiro atoms. The normalized spacial score (nSPS) is 26.5. The fourth-order valence-corrected chi connectivity index (χ4v) is 5.19. The molecule has 0 bridgehead atoms. The van der Waals surface area contributed by atoms with Gasteiger partial charge in [0.2, 0.25) is 0 Å². The topological polar surface area (TPSA) is 91.3 Å². The predicted octanol–water partition coefficient (Wildman–Crippen LogP) is 3.50. The SMILES string of the molecule is C[C@H]1OC[C@]2(c3cc(Br)ccc3F)N=C(N(C(=O)[O-])C(=O)OC(C)(C)C)SC[C@H]12. The summed E-state index contributed by atoms with van der Waals surface area (Å²) in [4.78, 5) is 29.2. The molecule has 29 heavy (non-hydrogen) atoms. The molecule has 3 rings (SSSR count). The standard InChI is InChI=1S/C19H22BrFN2O5S/c1-10-13-8-29-15(23(16(24)25)17(26)28-18(2,3)4)22-19(13,9-27-10)12-7-11(20)5-6-14(12)21/h5-7,10,13H,8-9H2,1-4H3,(H,24,25)/p-1/t10-,13-,19-/m1/s1. The Morgan fingerprint density at radius 2 is 2.14 bits per heavy atom. The minimum absolute atomic E-state index is 0.0610. The first-order valence-corrected chi connectivity index (χ1v) is 10.8. The van der Waals surface area contributed by atoms with Crippen molar-refractivity contribution in [2.75, 3.05) is 12.4 Å². The van der Waals surface area contributed by atoms with Gasteiger partial charge in [0.25, 0.3) is 0 Å². The first-order valence-electron chi connectivity index (χ1n) is 8.98. The average molecular weight is 488 g/mol. The van der Waals surface area contributed by atoms with E-state index in [0.717, 1.165) is 11.8 Å². The minimum Gasteiger partial charge on any atom is -0.529 e. The number of hydrogen-bond donors (Lipinski definition) is 0. The second-order valence-electron chi connectivity index (χ2n) is 7.96. The molecule has 0 saturated carbocycles. The summed E-state index contributed by atoms with van der Waals surface area (Å²) in [7, 11) is 0. The highest BCUT2D eigenvalue weighted by molar-refractivity contribution is 9.10. The third-order valence-corrected chi connectivity index (χ3v) is 6.33. The van der Waals surface area contributed by atoms with Crippen molar-refractivity contribution in [3.8, 4) is 0 Å². The van der Waals surface area contributed by atoms with Gasteiger partial charge in [0.05, 0.1) is 12.7 Å². The van der Waals surface area contributed by atoms with Crippen molar-refractivity contribution >= 4 is 45.0 Å². The number of benzene rings is 1. The maximum absolute atomic E-state index is 14.8. The zero-order valence-electron chi connectivity index (χ0n) is 16.4. The van der Waals surface area contributed by atoms with E-state index in [2.05, 4.69) is 20.9 Å². The molecule has 1 aromatic rings. The largest absolute Gasteiger partial charge is 0.529 e. The molecule has 2 aliphatic heterocycles. The molecule has 10 heteroatoms. The van der Waals surface area contributed by atoms with E-state index >= 15 is 0 Å². The van der Waals surface area contributed by atoms with Crippen LogP contribution in [0.2, 0.25) is 0 Å². The quantitative estimate of drug-likeness (QED) is 0.601. The van der Waals surface area contributed by atoms with Gasteiger partial charge < -0.3 is 19.4 Å². The molecule has 0 N–H and O–H groups in total. The lowest BCUT2D eigenvalue weighted by molar-refractivity contribution is -0.258. The van der Waals surface area contributed by atoms with Gasteiger partial charge in [0.1, 0.15) is 17.0 Å². The number of ether oxygens (including phenoxy) is 2. The number of hydrogen-bond acceptors (Lipinski definition) is 7. The van der Waals surface area contributed by atoms with Gasteiger partial charge in [-0.15, -0.1) is 0 Å². The minimum atomic E-state index is -1.76. The fourth-order valence-electron chi connectivity index (χ4n) is 3.45. The Balaban J connectivity index is 2.11. The number of thioether (sulfide) groups is 1. The average Bonchev–Trinajstić information content (AvgIpc) is 2.92. The molecule has 0 aromatic heterocycles. The maximum atomic E-state index is 14.8. The summed E-state index contributed by atoms with van der Waals surface area (Å²) < 4.78 is 26.4. The molecular weight excluding hydrogens is 467 g/mol. The van der Waals surface area contributed by atoms with Crippen molar-refractivity contribution in [2.45, 2.75) is 44.9 Å². The highest BCUT2D eigenvalue weighted by atomic mass is 79.9. The van der Waals surface area contributed by atoms with Gasteiger partial charge in [0, 0.05) is 21.7 Å². The lowest BCUT2D eigenvalue weighted by Gasteiger charge is -2.38. The number of nitrogens with zero attached hydrogens (tertiary/aromatic N) is 2. The van der Waals surface area contributed by atoms with Gasteiger partial charge in [-0.05, 0) is 45.9 Å². The molecule has 1 fully saturated rings. The van der Waals surface area contributed by atoms with Crippen LogP contribution in [0.5, 0.6) is 0 Å². The van der Waals surface area contributed by atoms with Gasteiger partial charge in [-0.2, -0.15) is 0 Å². The smallest absolute Gasteiger partial charge is 0.422 e. The molecule has 1 aromatic carbocycles. The number of amidine groups is 1. The van der Waals surface area contributed by atoms with E-state index in [4.69, 9.17) is 9.47 Å². The summed E-state index contributed by atoms with van der Waals surface area (Å²) in [6.07, 6.45) is -3.09. The van der Waals surface area contributed by atoms with E-state index in [1.165, 1.54) is 6.07 Å². The maximum Gasteiger partial charge on any atom is 0.422 e. The molecule has 2 aliphatic rings. The zero-order valence-corrected chi connectivity index (χ0v) is 18.8. The summed E-state index contributed by atoms with van der Waals surface area (Å²) in [6, 6.07) is 4.49. The Morgan fingerprint density at radius 1 is 1.45 bits per heavy atom. The van der Waals surface area contributed by atoms with Gasteiger partial charge in [-0.1, -0.05) is 27.7 Å². The summed E-state index contributed by atoms with van der Waals surface area (Å²) in [5, 5.41) is 11.6. The fraction of sp³-hybridized carbons (Fsp3) is 0.526. The van der Waals surface area contributed by atoms with Crippen molar-refractivity contribution in [1.29, 1.82) is 0 Å². The highest BCUT2D eigenvalue weighted by Crippen LogP contribution is 2.49. The van der Waals surface area contributed by atoms with Crippen LogP contribution in [0.3, 0.4) is 0 Å². The Hall–Kier alpha value is -1.65. The monoisotopic (exact) mass is 487 g/mol. The number of rotatable bonds is 1. The predicted molar refractivity (Wildman–Crippen MR) is 108 cm³/mol. The van der Waals surface area contributed by atoms with Crippen molar-refractivity contribution in [1.82, 2.24) is 4.90 Å². The summed E-state index contributed by atoms with van der Waals surface area (Å²) in [5.74, 6) is -0.302. The van der Waals surface area contributed by atoms with Crippen LogP contribution in [-0.2, 0) is 15.0 Å². The van der Waals surface area contributed by atoms with Crippen LogP contribution >= 0.6 is 27.7 Å². The second-order valence-corrected chi connectivity index (χ2v) is 9.86. The first kappa shape index (κ1) is 22.0. The summed E-state index contributed by atoms with van der Waals surface area (Å²) in [6.45, 7) is 6.79. The van der Waals surface area contributed by atoms with Gasteiger partial charge in [0.15, 0.2) is 11.3 Å². The van der Waals surface area contributed by atoms with E-state index in [-0.39, 0.29) is 29.4 Å². The number of amides is 2. The molecule has 1 saturated heterocycles. The highest BCUT2D eigenvalue weighted by Gasteiger charge is 2.54. The number of carbonyl (C=O) groups excluding carboxylic acids is 2. The van der Waals surface area contributed by atoms with Crippen LogP contribution in [0, 0.1) is 11.7 Å². The first-order chi connectivity index (χ1) is 13.4. The third-order valence-electron chi connectivity index (χ3n) is 4.78. The van der Waals surface area contributed by atoms with Gasteiger partial charge in [-0.3, -0.25) is 0 Å². The Kier molecular flexibility index (Phi) is 5.99. The van der Waals surface area contributed by atoms with E-state index in [0.29, 0.717) is 15.1 Å². The van der Waals surface area contributed by atoms with E-state index in [9.17, 15) is 19.1 Å². The molecule has 2 heterocycles. The Bertz CT molecular complexity index is 875. The second kappa shape index (κ2) is 7.88. The van der Waals surface area contributed by atoms with Crippen LogP contribution in [0.15, 0.2) is 27.7 Å². The molecule has 2 amide bonds. The number of aliphatic imine (C=N–C) groups is 1. The zero-order chi connectivity index (χ0) is 21.6.